The van der Waals surface area contributed by atoms with E-state index in [9.17, 15) is 17.6 Å². The molecule has 0 fully saturated rings. The van der Waals surface area contributed by atoms with Crippen molar-refractivity contribution in [1.82, 2.24) is 9.62 Å². The largest absolute Gasteiger partial charge is 0.497 e. The molecule has 1 heterocycles. The van der Waals surface area contributed by atoms with Crippen molar-refractivity contribution < 1.29 is 27.1 Å². The Morgan fingerprint density at radius 2 is 2.00 bits per heavy atom. The summed E-state index contributed by atoms with van der Waals surface area (Å²) in [5.41, 5.74) is 0.429. The van der Waals surface area contributed by atoms with E-state index in [0.717, 1.165) is 16.1 Å². The van der Waals surface area contributed by atoms with E-state index in [1.807, 2.05) is 13.8 Å². The first kappa shape index (κ1) is 23.0. The van der Waals surface area contributed by atoms with Gasteiger partial charge in [0, 0.05) is 24.1 Å². The van der Waals surface area contributed by atoms with Crippen LogP contribution in [0.25, 0.3) is 0 Å². The number of methoxy groups -OCH3 is 1. The summed E-state index contributed by atoms with van der Waals surface area (Å²) >= 11 is 0. The molecule has 0 unspecified atom stereocenters. The first-order chi connectivity index (χ1) is 14.5. The summed E-state index contributed by atoms with van der Waals surface area (Å²) < 4.78 is 50.8. The Hall–Kier alpha value is -2.65. The number of benzene rings is 2. The molecule has 1 aliphatic heterocycles. The molecule has 9 heteroatoms. The van der Waals surface area contributed by atoms with E-state index in [4.69, 9.17) is 9.47 Å². The summed E-state index contributed by atoms with van der Waals surface area (Å²) in [4.78, 5) is 12.8. The van der Waals surface area contributed by atoms with E-state index in [1.165, 1.54) is 18.2 Å². The molecule has 1 aliphatic rings. The molecule has 0 saturated heterocycles. The second kappa shape index (κ2) is 8.84. The molecule has 1 amide bonds. The van der Waals surface area contributed by atoms with Crippen molar-refractivity contribution in [2.45, 2.75) is 38.5 Å². The first-order valence-corrected chi connectivity index (χ1v) is 11.7. The van der Waals surface area contributed by atoms with Crippen LogP contribution in [0.15, 0.2) is 42.5 Å². The Balaban J connectivity index is 1.80. The molecule has 0 radical (unpaired) electrons. The molecule has 1 atom stereocenters. The fourth-order valence-corrected chi connectivity index (χ4v) is 4.32. The van der Waals surface area contributed by atoms with Gasteiger partial charge < -0.3 is 14.8 Å². The molecule has 0 aromatic heterocycles. The number of carbonyl (C=O) groups is 1. The lowest BCUT2D eigenvalue weighted by Gasteiger charge is -2.38. The molecule has 1 N–H and O–H groups in total. The van der Waals surface area contributed by atoms with Crippen LogP contribution in [0.5, 0.6) is 11.5 Å². The van der Waals surface area contributed by atoms with E-state index in [1.54, 1.807) is 31.4 Å². The van der Waals surface area contributed by atoms with E-state index < -0.39 is 39.9 Å². The van der Waals surface area contributed by atoms with Gasteiger partial charge in [-0.3, -0.25) is 4.79 Å². The average molecular weight is 451 g/mol. The van der Waals surface area contributed by atoms with Gasteiger partial charge in [0.2, 0.25) is 15.9 Å². The smallest absolute Gasteiger partial charge is 0.235 e. The van der Waals surface area contributed by atoms with Crippen molar-refractivity contribution in [3.05, 3.63) is 59.4 Å². The Morgan fingerprint density at radius 1 is 1.29 bits per heavy atom. The predicted octanol–water partition coefficient (Wildman–Crippen LogP) is 3.01. The number of ether oxygens (including phenoxy) is 2. The average Bonchev–Trinajstić information content (AvgIpc) is 2.67. The van der Waals surface area contributed by atoms with Crippen LogP contribution in [0.1, 0.15) is 37.4 Å². The third-order valence-corrected chi connectivity index (χ3v) is 6.30. The van der Waals surface area contributed by atoms with Crippen molar-refractivity contribution in [2.24, 2.45) is 0 Å². The zero-order chi connectivity index (χ0) is 22.8. The van der Waals surface area contributed by atoms with Crippen LogP contribution in [-0.2, 0) is 21.4 Å². The highest BCUT2D eigenvalue weighted by molar-refractivity contribution is 7.88. The lowest BCUT2D eigenvalue weighted by molar-refractivity contribution is -0.122. The highest BCUT2D eigenvalue weighted by Crippen LogP contribution is 2.41. The number of amides is 1. The number of halogens is 1. The molecule has 0 bridgehead atoms. The van der Waals surface area contributed by atoms with Gasteiger partial charge in [0.1, 0.15) is 22.9 Å². The summed E-state index contributed by atoms with van der Waals surface area (Å²) in [6.07, 6.45) is 1.49. The standard InChI is InChI=1S/C22H27FN2O5S/c1-22(2)12-19(17-11-16(29-3)9-10-20(17)30-22)24-21(26)14-25(31(4,27)28)13-15-7-5-6-8-18(15)23/h5-11,19H,12-14H2,1-4H3,(H,24,26)/t19-/m1/s1. The maximum absolute atomic E-state index is 14.0. The molecule has 2 aromatic rings. The van der Waals surface area contributed by atoms with Crippen LogP contribution in [0.2, 0.25) is 0 Å². The van der Waals surface area contributed by atoms with Gasteiger partial charge in [0.05, 0.1) is 26.0 Å². The minimum Gasteiger partial charge on any atom is -0.497 e. The molecule has 0 saturated carbocycles. The van der Waals surface area contributed by atoms with E-state index >= 15 is 0 Å². The summed E-state index contributed by atoms with van der Waals surface area (Å²) in [5.74, 6) is 0.245. The molecular weight excluding hydrogens is 423 g/mol. The molecule has 31 heavy (non-hydrogen) atoms. The van der Waals surface area contributed by atoms with Gasteiger partial charge in [-0.1, -0.05) is 18.2 Å². The number of nitrogens with one attached hydrogen (secondary N) is 1. The van der Waals surface area contributed by atoms with Gasteiger partial charge in [-0.05, 0) is 38.1 Å². The Morgan fingerprint density at radius 3 is 2.65 bits per heavy atom. The van der Waals surface area contributed by atoms with Gasteiger partial charge in [0.25, 0.3) is 0 Å². The first-order valence-electron chi connectivity index (χ1n) is 9.83. The number of fused-ring (bicyclic) bond motifs is 1. The van der Waals surface area contributed by atoms with Crippen LogP contribution < -0.4 is 14.8 Å². The Bertz CT molecular complexity index is 1070. The van der Waals surface area contributed by atoms with Gasteiger partial charge in [-0.25, -0.2) is 12.8 Å². The quantitative estimate of drug-likeness (QED) is 0.701. The minimum atomic E-state index is -3.75. The number of sulfonamides is 1. The van der Waals surface area contributed by atoms with Crippen LogP contribution in [0.4, 0.5) is 4.39 Å². The van der Waals surface area contributed by atoms with E-state index in [0.29, 0.717) is 17.9 Å². The van der Waals surface area contributed by atoms with Crippen LogP contribution in [0, 0.1) is 5.82 Å². The lowest BCUT2D eigenvalue weighted by Crippen LogP contribution is -2.45. The van der Waals surface area contributed by atoms with Crippen molar-refractivity contribution >= 4 is 15.9 Å². The summed E-state index contributed by atoms with van der Waals surface area (Å²) in [5, 5.41) is 2.91. The van der Waals surface area contributed by atoms with Crippen molar-refractivity contribution in [3.63, 3.8) is 0 Å². The maximum atomic E-state index is 14.0. The number of nitrogens with zero attached hydrogens (tertiary/aromatic N) is 1. The normalized spacial score (nSPS) is 17.5. The molecule has 3 rings (SSSR count). The van der Waals surface area contributed by atoms with Gasteiger partial charge in [-0.15, -0.1) is 0 Å². The van der Waals surface area contributed by atoms with Crippen molar-refractivity contribution in [3.8, 4) is 11.5 Å². The van der Waals surface area contributed by atoms with E-state index in [2.05, 4.69) is 5.32 Å². The number of carbonyl (C=O) groups excluding carboxylic acids is 1. The molecule has 168 valence electrons. The number of hydrogen-bond acceptors (Lipinski definition) is 5. The topological polar surface area (TPSA) is 84.9 Å². The highest BCUT2D eigenvalue weighted by Gasteiger charge is 2.35. The van der Waals surface area contributed by atoms with Crippen LogP contribution in [0.3, 0.4) is 0 Å². The van der Waals surface area contributed by atoms with Crippen molar-refractivity contribution in [1.29, 1.82) is 0 Å². The Labute approximate surface area is 182 Å². The van der Waals surface area contributed by atoms with Crippen LogP contribution in [-0.4, -0.2) is 44.1 Å². The molecule has 0 spiro atoms. The SMILES string of the molecule is COc1ccc2c(c1)[C@H](NC(=O)CN(Cc1ccccc1F)S(C)(=O)=O)CC(C)(C)O2. The van der Waals surface area contributed by atoms with Gasteiger partial charge in [-0.2, -0.15) is 4.31 Å². The summed E-state index contributed by atoms with van der Waals surface area (Å²) in [6.45, 7) is 3.17. The zero-order valence-corrected chi connectivity index (χ0v) is 18.8. The Kier molecular flexibility index (Phi) is 6.56. The van der Waals surface area contributed by atoms with E-state index in [-0.39, 0.29) is 12.1 Å². The third kappa shape index (κ3) is 5.74. The predicted molar refractivity (Wildman–Crippen MR) is 115 cm³/mol. The van der Waals surface area contributed by atoms with Crippen molar-refractivity contribution in [2.75, 3.05) is 19.9 Å². The maximum Gasteiger partial charge on any atom is 0.235 e. The molecule has 0 aliphatic carbocycles. The lowest BCUT2D eigenvalue weighted by atomic mass is 9.89. The summed E-state index contributed by atoms with van der Waals surface area (Å²) in [7, 11) is -2.20. The fourth-order valence-electron chi connectivity index (χ4n) is 3.60. The second-order valence-corrected chi connectivity index (χ2v) is 10.2. The second-order valence-electron chi connectivity index (χ2n) is 8.21. The molecule has 2 aromatic carbocycles. The minimum absolute atomic E-state index is 0.197. The summed E-state index contributed by atoms with van der Waals surface area (Å²) in [6, 6.07) is 10.9. The van der Waals surface area contributed by atoms with Crippen LogP contribution >= 0.6 is 0 Å². The third-order valence-electron chi connectivity index (χ3n) is 5.10. The van der Waals surface area contributed by atoms with Gasteiger partial charge >= 0.3 is 0 Å². The molecule has 7 nitrogen and oxygen atoms in total. The molecular formula is C22H27FN2O5S. The highest BCUT2D eigenvalue weighted by atomic mass is 32.2. The fraction of sp³-hybridized carbons (Fsp3) is 0.409. The monoisotopic (exact) mass is 450 g/mol. The zero-order valence-electron chi connectivity index (χ0n) is 18.0. The number of hydrogen-bond donors (Lipinski definition) is 1. The van der Waals surface area contributed by atoms with Gasteiger partial charge in [0.15, 0.2) is 0 Å². The number of rotatable bonds is 7.